The van der Waals surface area contributed by atoms with Crippen LogP contribution in [0.5, 0.6) is 0 Å². The van der Waals surface area contributed by atoms with Crippen LogP contribution in [0.3, 0.4) is 0 Å². The van der Waals surface area contributed by atoms with Gasteiger partial charge in [-0.05, 0) is 33.4 Å². The number of rotatable bonds is 3. The molecule has 2 rings (SSSR count). The fraction of sp³-hybridized carbons (Fsp3) is 0.111. The molecule has 1 atom stereocenters. The summed E-state index contributed by atoms with van der Waals surface area (Å²) in [5.74, 6) is 5.52. The molecule has 0 aliphatic carbocycles. The summed E-state index contributed by atoms with van der Waals surface area (Å²) < 4.78 is 6.09. The molecule has 0 saturated heterocycles. The molecule has 0 amide bonds. The van der Waals surface area contributed by atoms with Gasteiger partial charge in [0.15, 0.2) is 0 Å². The molecule has 14 heavy (non-hydrogen) atoms. The van der Waals surface area contributed by atoms with E-state index in [1.807, 2.05) is 17.5 Å². The van der Waals surface area contributed by atoms with Crippen molar-refractivity contribution in [1.29, 1.82) is 0 Å². The van der Waals surface area contributed by atoms with E-state index in [9.17, 15) is 0 Å². The smallest absolute Gasteiger partial charge is 0.0954 e. The molecular weight excluding hydrogens is 264 g/mol. The summed E-state index contributed by atoms with van der Waals surface area (Å²) in [6.07, 6.45) is 3.33. The van der Waals surface area contributed by atoms with Crippen LogP contribution >= 0.6 is 27.3 Å². The molecule has 5 heteroatoms. The van der Waals surface area contributed by atoms with Crippen LogP contribution in [0.15, 0.2) is 38.9 Å². The summed E-state index contributed by atoms with van der Waals surface area (Å²) in [6, 6.07) is 3.89. The molecule has 3 N–H and O–H groups in total. The topological polar surface area (TPSA) is 51.2 Å². The van der Waals surface area contributed by atoms with Crippen molar-refractivity contribution in [3.63, 3.8) is 0 Å². The van der Waals surface area contributed by atoms with Gasteiger partial charge >= 0.3 is 0 Å². The lowest BCUT2D eigenvalue weighted by Gasteiger charge is -2.12. The third kappa shape index (κ3) is 1.76. The Morgan fingerprint density at radius 1 is 1.50 bits per heavy atom. The summed E-state index contributed by atoms with van der Waals surface area (Å²) in [5, 5.41) is 2.02. The van der Waals surface area contributed by atoms with Crippen molar-refractivity contribution < 1.29 is 4.42 Å². The van der Waals surface area contributed by atoms with E-state index in [1.54, 1.807) is 23.9 Å². The van der Waals surface area contributed by atoms with E-state index in [0.717, 1.165) is 14.9 Å². The van der Waals surface area contributed by atoms with E-state index >= 15 is 0 Å². The van der Waals surface area contributed by atoms with Gasteiger partial charge in [-0.3, -0.25) is 5.84 Å². The second-order valence-electron chi connectivity index (χ2n) is 2.79. The molecule has 2 aromatic rings. The normalized spacial score (nSPS) is 13.0. The summed E-state index contributed by atoms with van der Waals surface area (Å²) in [6.45, 7) is 0. The maximum absolute atomic E-state index is 5.52. The Kier molecular flexibility index (Phi) is 3.02. The van der Waals surface area contributed by atoms with Crippen molar-refractivity contribution >= 4 is 27.3 Å². The lowest BCUT2D eigenvalue weighted by atomic mass is 10.1. The minimum Gasteiger partial charge on any atom is -0.472 e. The van der Waals surface area contributed by atoms with Gasteiger partial charge in [-0.1, -0.05) is 0 Å². The fourth-order valence-electron chi connectivity index (χ4n) is 1.27. The van der Waals surface area contributed by atoms with Crippen LogP contribution in [0.2, 0.25) is 0 Å². The number of nitrogens with two attached hydrogens (primary N) is 1. The molecule has 0 spiro atoms. The van der Waals surface area contributed by atoms with Gasteiger partial charge in [0.2, 0.25) is 0 Å². The summed E-state index contributed by atoms with van der Waals surface area (Å²) >= 11 is 5.13. The standard InChI is InChI=1S/C9H9BrN2OS/c10-7-2-4-14-9(7)8(12-11)6-1-3-13-5-6/h1-5,8,12H,11H2. The second kappa shape index (κ2) is 4.27. The Morgan fingerprint density at radius 3 is 2.86 bits per heavy atom. The first-order chi connectivity index (χ1) is 6.83. The zero-order valence-corrected chi connectivity index (χ0v) is 9.64. The van der Waals surface area contributed by atoms with E-state index in [2.05, 4.69) is 21.4 Å². The van der Waals surface area contributed by atoms with Crippen LogP contribution in [-0.2, 0) is 0 Å². The zero-order valence-electron chi connectivity index (χ0n) is 7.24. The third-order valence-corrected chi connectivity index (χ3v) is 3.89. The first-order valence-electron chi connectivity index (χ1n) is 4.04. The number of furan rings is 1. The predicted molar refractivity (Wildman–Crippen MR) is 59.9 cm³/mol. The van der Waals surface area contributed by atoms with Crippen molar-refractivity contribution in [3.8, 4) is 0 Å². The van der Waals surface area contributed by atoms with Gasteiger partial charge in [-0.15, -0.1) is 11.3 Å². The van der Waals surface area contributed by atoms with Crippen LogP contribution in [0, 0.1) is 0 Å². The Balaban J connectivity index is 2.36. The van der Waals surface area contributed by atoms with Crippen LogP contribution in [0.25, 0.3) is 0 Å². The van der Waals surface area contributed by atoms with Crippen LogP contribution < -0.4 is 11.3 Å². The molecule has 2 heterocycles. The third-order valence-electron chi connectivity index (χ3n) is 1.95. The molecule has 0 aliphatic heterocycles. The van der Waals surface area contributed by atoms with Gasteiger partial charge in [-0.25, -0.2) is 5.43 Å². The van der Waals surface area contributed by atoms with Gasteiger partial charge < -0.3 is 4.42 Å². The highest BCUT2D eigenvalue weighted by molar-refractivity contribution is 9.10. The maximum Gasteiger partial charge on any atom is 0.0954 e. The van der Waals surface area contributed by atoms with Crippen LogP contribution in [-0.4, -0.2) is 0 Å². The molecule has 0 aliphatic rings. The van der Waals surface area contributed by atoms with Gasteiger partial charge in [-0.2, -0.15) is 0 Å². The Bertz CT molecular complexity index is 399. The average Bonchev–Trinajstić information content (AvgIpc) is 2.80. The van der Waals surface area contributed by atoms with Gasteiger partial charge in [0, 0.05) is 14.9 Å². The lowest BCUT2D eigenvalue weighted by molar-refractivity contribution is 0.554. The molecule has 0 fully saturated rings. The van der Waals surface area contributed by atoms with Crippen LogP contribution in [0.1, 0.15) is 16.5 Å². The molecule has 1 unspecified atom stereocenters. The van der Waals surface area contributed by atoms with Crippen LogP contribution in [0.4, 0.5) is 0 Å². The Morgan fingerprint density at radius 2 is 2.36 bits per heavy atom. The van der Waals surface area contributed by atoms with E-state index in [4.69, 9.17) is 10.3 Å². The van der Waals surface area contributed by atoms with E-state index in [-0.39, 0.29) is 6.04 Å². The minimum atomic E-state index is -0.0110. The Labute approximate surface area is 94.0 Å². The minimum absolute atomic E-state index is 0.0110. The second-order valence-corrected chi connectivity index (χ2v) is 4.59. The highest BCUT2D eigenvalue weighted by atomic mass is 79.9. The maximum atomic E-state index is 5.52. The number of hydrogen-bond donors (Lipinski definition) is 2. The molecule has 0 saturated carbocycles. The lowest BCUT2D eigenvalue weighted by Crippen LogP contribution is -2.28. The number of nitrogens with one attached hydrogen (secondary N) is 1. The highest BCUT2D eigenvalue weighted by Gasteiger charge is 2.17. The van der Waals surface area contributed by atoms with Crippen molar-refractivity contribution in [2.75, 3.05) is 0 Å². The Hall–Kier alpha value is -0.620. The molecule has 0 aromatic carbocycles. The average molecular weight is 273 g/mol. The SMILES string of the molecule is NNC(c1ccoc1)c1sccc1Br. The van der Waals surface area contributed by atoms with E-state index in [0.29, 0.717) is 0 Å². The van der Waals surface area contributed by atoms with Crippen molar-refractivity contribution in [2.45, 2.75) is 6.04 Å². The molecule has 0 radical (unpaired) electrons. The number of hydrazine groups is 1. The first-order valence-corrected chi connectivity index (χ1v) is 5.71. The van der Waals surface area contributed by atoms with Crippen molar-refractivity contribution in [3.05, 3.63) is 45.0 Å². The van der Waals surface area contributed by atoms with Gasteiger partial charge in [0.25, 0.3) is 0 Å². The quantitative estimate of drug-likeness (QED) is 0.667. The summed E-state index contributed by atoms with van der Waals surface area (Å²) in [5.41, 5.74) is 3.79. The zero-order chi connectivity index (χ0) is 9.97. The number of thiophene rings is 1. The number of halogens is 1. The van der Waals surface area contributed by atoms with Crippen molar-refractivity contribution in [1.82, 2.24) is 5.43 Å². The number of hydrogen-bond acceptors (Lipinski definition) is 4. The first kappa shape index (κ1) is 9.92. The van der Waals surface area contributed by atoms with E-state index < -0.39 is 0 Å². The predicted octanol–water partition coefficient (Wildman–Crippen LogP) is 2.66. The fourth-order valence-corrected chi connectivity index (χ4v) is 2.96. The largest absolute Gasteiger partial charge is 0.472 e. The van der Waals surface area contributed by atoms with Gasteiger partial charge in [0.1, 0.15) is 0 Å². The molecular formula is C9H9BrN2OS. The molecule has 3 nitrogen and oxygen atoms in total. The van der Waals surface area contributed by atoms with Crippen molar-refractivity contribution in [2.24, 2.45) is 5.84 Å². The summed E-state index contributed by atoms with van der Waals surface area (Å²) in [7, 11) is 0. The molecule has 74 valence electrons. The molecule has 2 aromatic heterocycles. The highest BCUT2D eigenvalue weighted by Crippen LogP contribution is 2.32. The molecule has 0 bridgehead atoms. The van der Waals surface area contributed by atoms with Gasteiger partial charge in [0.05, 0.1) is 18.6 Å². The summed E-state index contributed by atoms with van der Waals surface area (Å²) in [4.78, 5) is 1.15. The monoisotopic (exact) mass is 272 g/mol. The van der Waals surface area contributed by atoms with E-state index in [1.165, 1.54) is 0 Å².